The highest BCUT2D eigenvalue weighted by molar-refractivity contribution is 7.13. The van der Waals surface area contributed by atoms with Gasteiger partial charge in [-0.25, -0.2) is 0 Å². The van der Waals surface area contributed by atoms with Crippen LogP contribution in [0.2, 0.25) is 10.0 Å². The molecule has 19 heavy (non-hydrogen) atoms. The van der Waals surface area contributed by atoms with Crippen LogP contribution in [0.15, 0.2) is 23.7 Å². The topological polar surface area (TPSA) is 54.9 Å². The summed E-state index contributed by atoms with van der Waals surface area (Å²) in [6.45, 7) is 0. The molecule has 2 atom stereocenters. The number of nitrogens with zero attached hydrogens (tertiary/aromatic N) is 2. The molecule has 1 aromatic carbocycles. The van der Waals surface area contributed by atoms with Crippen LogP contribution in [0.25, 0.3) is 0 Å². The zero-order valence-corrected chi connectivity index (χ0v) is 12.0. The van der Waals surface area contributed by atoms with Gasteiger partial charge in [-0.15, -0.1) is 10.2 Å². The van der Waals surface area contributed by atoms with Gasteiger partial charge in [-0.2, -0.15) is 0 Å². The van der Waals surface area contributed by atoms with Crippen LogP contribution < -0.4 is 5.32 Å². The lowest BCUT2D eigenvalue weighted by molar-refractivity contribution is -0.117. The number of carbonyl (C=O) groups is 1. The van der Waals surface area contributed by atoms with Gasteiger partial charge in [-0.05, 0) is 24.0 Å². The van der Waals surface area contributed by atoms with Gasteiger partial charge in [0.15, 0.2) is 0 Å². The molecule has 0 saturated heterocycles. The van der Waals surface area contributed by atoms with Crippen LogP contribution in [0.5, 0.6) is 0 Å². The predicted molar refractivity (Wildman–Crippen MR) is 75.8 cm³/mol. The van der Waals surface area contributed by atoms with E-state index in [4.69, 9.17) is 23.2 Å². The number of benzene rings is 1. The van der Waals surface area contributed by atoms with Gasteiger partial charge in [0.25, 0.3) is 0 Å². The normalized spacial score (nSPS) is 21.2. The highest BCUT2D eigenvalue weighted by atomic mass is 35.5. The van der Waals surface area contributed by atoms with Gasteiger partial charge in [-0.3, -0.25) is 4.79 Å². The predicted octanol–water partition coefficient (Wildman–Crippen LogP) is 3.59. The van der Waals surface area contributed by atoms with Crippen molar-refractivity contribution in [2.24, 2.45) is 5.92 Å². The third kappa shape index (κ3) is 2.59. The molecule has 1 saturated carbocycles. The van der Waals surface area contributed by atoms with E-state index in [1.165, 1.54) is 11.3 Å². The molecule has 1 N–H and O–H groups in total. The third-order valence-electron chi connectivity index (χ3n) is 3.10. The largest absolute Gasteiger partial charge is 0.300 e. The smallest absolute Gasteiger partial charge is 0.229 e. The molecule has 0 radical (unpaired) electrons. The number of amides is 1. The van der Waals surface area contributed by atoms with E-state index in [1.807, 2.05) is 12.1 Å². The van der Waals surface area contributed by atoms with Crippen molar-refractivity contribution >= 4 is 45.6 Å². The fraction of sp³-hybridized carbons (Fsp3) is 0.250. The van der Waals surface area contributed by atoms with E-state index >= 15 is 0 Å². The molecule has 4 nitrogen and oxygen atoms in total. The highest BCUT2D eigenvalue weighted by Crippen LogP contribution is 2.51. The SMILES string of the molecule is O=C(Nc1nncs1)[C@H]1C[C@@H]1c1cccc(Cl)c1Cl. The van der Waals surface area contributed by atoms with Crippen LogP contribution in [-0.4, -0.2) is 16.1 Å². The van der Waals surface area contributed by atoms with E-state index in [0.717, 1.165) is 12.0 Å². The number of halogens is 2. The highest BCUT2D eigenvalue weighted by Gasteiger charge is 2.45. The summed E-state index contributed by atoms with van der Waals surface area (Å²) in [5.74, 6) is 0.0248. The number of carbonyl (C=O) groups excluding carboxylic acids is 1. The van der Waals surface area contributed by atoms with Gasteiger partial charge in [-0.1, -0.05) is 46.7 Å². The van der Waals surface area contributed by atoms with Gasteiger partial charge < -0.3 is 5.32 Å². The Kier molecular flexibility index (Phi) is 3.43. The first-order valence-corrected chi connectivity index (χ1v) is 7.31. The van der Waals surface area contributed by atoms with Gasteiger partial charge in [0, 0.05) is 5.92 Å². The standard InChI is InChI=1S/C12H9Cl2N3OS/c13-9-3-1-2-6(10(9)14)7-4-8(7)11(18)16-12-17-15-5-19-12/h1-3,5,7-8H,4H2,(H,16,17,18)/t7-,8+/m1/s1. The van der Waals surface area contributed by atoms with Gasteiger partial charge in [0.05, 0.1) is 10.0 Å². The Bertz CT molecular complexity index is 617. The maximum Gasteiger partial charge on any atom is 0.229 e. The van der Waals surface area contributed by atoms with Gasteiger partial charge in [0.2, 0.25) is 11.0 Å². The molecule has 0 spiro atoms. The first-order valence-electron chi connectivity index (χ1n) is 5.67. The van der Waals surface area contributed by atoms with Crippen LogP contribution in [-0.2, 0) is 4.79 Å². The molecule has 1 aromatic heterocycles. The molecule has 1 heterocycles. The van der Waals surface area contributed by atoms with Crippen molar-refractivity contribution in [2.45, 2.75) is 12.3 Å². The number of hydrogen-bond donors (Lipinski definition) is 1. The van der Waals surface area contributed by atoms with Crippen LogP contribution in [0.4, 0.5) is 5.13 Å². The number of aromatic nitrogens is 2. The molecule has 3 rings (SSSR count). The fourth-order valence-electron chi connectivity index (χ4n) is 2.06. The summed E-state index contributed by atoms with van der Waals surface area (Å²) in [5.41, 5.74) is 2.51. The molecule has 1 fully saturated rings. The summed E-state index contributed by atoms with van der Waals surface area (Å²) < 4.78 is 0. The molecular formula is C12H9Cl2N3OS. The van der Waals surface area contributed by atoms with Gasteiger partial charge in [0.1, 0.15) is 5.51 Å². The average molecular weight is 314 g/mol. The molecule has 2 aromatic rings. The summed E-state index contributed by atoms with van der Waals surface area (Å²) in [6, 6.07) is 5.50. The lowest BCUT2D eigenvalue weighted by atomic mass is 10.1. The summed E-state index contributed by atoms with van der Waals surface area (Å²) in [6.07, 6.45) is 0.782. The Balaban J connectivity index is 1.70. The molecule has 0 aliphatic heterocycles. The molecule has 7 heteroatoms. The quantitative estimate of drug-likeness (QED) is 0.942. The molecule has 1 amide bonds. The van der Waals surface area contributed by atoms with Crippen molar-refractivity contribution < 1.29 is 4.79 Å². The van der Waals surface area contributed by atoms with Crippen molar-refractivity contribution in [3.05, 3.63) is 39.3 Å². The summed E-state index contributed by atoms with van der Waals surface area (Å²) in [5, 5.41) is 11.8. The van der Waals surface area contributed by atoms with E-state index in [0.29, 0.717) is 15.2 Å². The van der Waals surface area contributed by atoms with Crippen molar-refractivity contribution in [3.8, 4) is 0 Å². The Hall–Kier alpha value is -1.17. The Labute approximate surface area is 123 Å². The summed E-state index contributed by atoms with van der Waals surface area (Å²) >= 11 is 13.4. The van der Waals surface area contributed by atoms with E-state index in [-0.39, 0.29) is 17.7 Å². The van der Waals surface area contributed by atoms with E-state index in [9.17, 15) is 4.79 Å². The fourth-order valence-corrected chi connectivity index (χ4v) is 2.96. The number of rotatable bonds is 3. The zero-order valence-electron chi connectivity index (χ0n) is 9.64. The first kappa shape index (κ1) is 12.8. The molecule has 1 aliphatic rings. The molecule has 98 valence electrons. The van der Waals surface area contributed by atoms with Crippen LogP contribution in [0.3, 0.4) is 0 Å². The van der Waals surface area contributed by atoms with Crippen molar-refractivity contribution in [1.29, 1.82) is 0 Å². The number of hydrogen-bond acceptors (Lipinski definition) is 4. The summed E-state index contributed by atoms with van der Waals surface area (Å²) in [4.78, 5) is 12.0. The average Bonchev–Trinajstić information content (AvgIpc) is 3.03. The second kappa shape index (κ2) is 5.07. The zero-order chi connectivity index (χ0) is 13.4. The lowest BCUT2D eigenvalue weighted by Crippen LogP contribution is -2.14. The second-order valence-corrected chi connectivity index (χ2v) is 5.94. The van der Waals surface area contributed by atoms with Crippen molar-refractivity contribution in [1.82, 2.24) is 10.2 Å². The van der Waals surface area contributed by atoms with Crippen LogP contribution in [0.1, 0.15) is 17.9 Å². The van der Waals surface area contributed by atoms with Crippen LogP contribution in [0, 0.1) is 5.92 Å². The first-order chi connectivity index (χ1) is 9.16. The Morgan fingerprint density at radius 1 is 1.42 bits per heavy atom. The molecule has 0 bridgehead atoms. The van der Waals surface area contributed by atoms with Crippen LogP contribution >= 0.6 is 34.5 Å². The minimum absolute atomic E-state index is 0.0437. The minimum atomic E-state index is -0.0696. The number of anilines is 1. The van der Waals surface area contributed by atoms with Crippen molar-refractivity contribution in [3.63, 3.8) is 0 Å². The minimum Gasteiger partial charge on any atom is -0.300 e. The molecular weight excluding hydrogens is 305 g/mol. The Morgan fingerprint density at radius 3 is 3.00 bits per heavy atom. The lowest BCUT2D eigenvalue weighted by Gasteiger charge is -2.05. The van der Waals surface area contributed by atoms with Crippen molar-refractivity contribution in [2.75, 3.05) is 5.32 Å². The van der Waals surface area contributed by atoms with E-state index < -0.39 is 0 Å². The van der Waals surface area contributed by atoms with Gasteiger partial charge >= 0.3 is 0 Å². The maximum absolute atomic E-state index is 12.0. The Morgan fingerprint density at radius 2 is 2.26 bits per heavy atom. The van der Waals surface area contributed by atoms with E-state index in [2.05, 4.69) is 15.5 Å². The summed E-state index contributed by atoms with van der Waals surface area (Å²) in [7, 11) is 0. The molecule has 1 aliphatic carbocycles. The monoisotopic (exact) mass is 313 g/mol. The van der Waals surface area contributed by atoms with E-state index in [1.54, 1.807) is 11.6 Å². The second-order valence-electron chi connectivity index (χ2n) is 4.32. The maximum atomic E-state index is 12.0. The number of nitrogens with one attached hydrogen (secondary N) is 1. The third-order valence-corrected chi connectivity index (χ3v) is 4.54. The molecule has 0 unspecified atom stereocenters.